The third-order valence-electron chi connectivity index (χ3n) is 3.92. The molecule has 3 aromatic rings. The van der Waals surface area contributed by atoms with Gasteiger partial charge in [-0.2, -0.15) is 0 Å². The van der Waals surface area contributed by atoms with Crippen molar-refractivity contribution in [3.8, 4) is 5.75 Å². The second kappa shape index (κ2) is 10.1. The number of aromatic nitrogens is 1. The van der Waals surface area contributed by atoms with E-state index < -0.39 is 0 Å². The molecule has 0 saturated heterocycles. The molecule has 3 rings (SSSR count). The third kappa shape index (κ3) is 5.28. The molecule has 0 aliphatic carbocycles. The van der Waals surface area contributed by atoms with E-state index in [1.165, 1.54) is 22.7 Å². The molecule has 0 saturated carbocycles. The van der Waals surface area contributed by atoms with Gasteiger partial charge in [0.2, 0.25) is 5.91 Å². The number of methoxy groups -OCH3 is 1. The van der Waals surface area contributed by atoms with Crippen molar-refractivity contribution in [1.82, 2.24) is 9.88 Å². The average molecular weight is 481 g/mol. The Kier molecular flexibility index (Phi) is 8.36. The van der Waals surface area contributed by atoms with Crippen molar-refractivity contribution in [2.45, 2.75) is 6.42 Å². The van der Waals surface area contributed by atoms with Crippen LogP contribution in [0, 0.1) is 0 Å². The number of halogens is 3. The van der Waals surface area contributed by atoms with Crippen LogP contribution in [0.1, 0.15) is 4.88 Å². The van der Waals surface area contributed by atoms with Crippen LogP contribution in [0.4, 0.5) is 5.13 Å². The van der Waals surface area contributed by atoms with E-state index in [1.54, 1.807) is 30.2 Å². The number of thiazole rings is 1. The number of carbonyl (C=O) groups is 1. The maximum Gasteiger partial charge on any atom is 0.234 e. The standard InChI is InChI=1S/C18H19Cl2N3O2S2.ClH/c1-22(2)8-9-23(15(24)10-11-4-7-14(20)26-11)18-21-16-13(25-3)6-5-12(19)17(16)27-18;/h4-7H,8-10H2,1-3H3;1H. The van der Waals surface area contributed by atoms with Crippen LogP contribution in [0.3, 0.4) is 0 Å². The van der Waals surface area contributed by atoms with Crippen LogP contribution in [-0.4, -0.2) is 50.1 Å². The lowest BCUT2D eigenvalue weighted by atomic mass is 10.3. The van der Waals surface area contributed by atoms with Crippen molar-refractivity contribution < 1.29 is 9.53 Å². The third-order valence-corrected chi connectivity index (χ3v) is 6.69. The van der Waals surface area contributed by atoms with Gasteiger partial charge in [0, 0.05) is 18.0 Å². The maximum absolute atomic E-state index is 13.0. The summed E-state index contributed by atoms with van der Waals surface area (Å²) in [5, 5.41) is 1.21. The minimum absolute atomic E-state index is 0. The number of thiophene rings is 1. The molecule has 2 heterocycles. The first-order valence-electron chi connectivity index (χ1n) is 8.21. The van der Waals surface area contributed by atoms with Gasteiger partial charge in [0.1, 0.15) is 11.3 Å². The Bertz CT molecular complexity index is 959. The van der Waals surface area contributed by atoms with Crippen molar-refractivity contribution in [3.63, 3.8) is 0 Å². The first kappa shape index (κ1) is 23.2. The van der Waals surface area contributed by atoms with E-state index >= 15 is 0 Å². The topological polar surface area (TPSA) is 45.7 Å². The molecule has 1 aromatic carbocycles. The van der Waals surface area contributed by atoms with Crippen LogP contribution >= 0.6 is 58.3 Å². The summed E-state index contributed by atoms with van der Waals surface area (Å²) in [7, 11) is 5.54. The predicted molar refractivity (Wildman–Crippen MR) is 122 cm³/mol. The zero-order valence-electron chi connectivity index (χ0n) is 15.6. The summed E-state index contributed by atoms with van der Waals surface area (Å²) in [4.78, 5) is 22.4. The van der Waals surface area contributed by atoms with Crippen molar-refractivity contribution >= 4 is 79.5 Å². The van der Waals surface area contributed by atoms with Crippen LogP contribution in [0.2, 0.25) is 9.36 Å². The molecule has 28 heavy (non-hydrogen) atoms. The normalized spacial score (nSPS) is 10.9. The molecule has 0 unspecified atom stereocenters. The van der Waals surface area contributed by atoms with Gasteiger partial charge < -0.3 is 9.64 Å². The molecule has 5 nitrogen and oxygen atoms in total. The Morgan fingerprint density at radius 1 is 1.14 bits per heavy atom. The van der Waals surface area contributed by atoms with Gasteiger partial charge in [-0.3, -0.25) is 9.69 Å². The summed E-state index contributed by atoms with van der Waals surface area (Å²) < 4.78 is 6.88. The minimum Gasteiger partial charge on any atom is -0.494 e. The summed E-state index contributed by atoms with van der Waals surface area (Å²) >= 11 is 15.1. The van der Waals surface area contributed by atoms with E-state index in [2.05, 4.69) is 4.98 Å². The highest BCUT2D eigenvalue weighted by Crippen LogP contribution is 2.39. The molecule has 1 amide bonds. The number of carbonyl (C=O) groups excluding carboxylic acids is 1. The van der Waals surface area contributed by atoms with Gasteiger partial charge in [0.25, 0.3) is 0 Å². The van der Waals surface area contributed by atoms with Crippen molar-refractivity contribution in [3.05, 3.63) is 38.5 Å². The highest BCUT2D eigenvalue weighted by atomic mass is 35.5. The minimum atomic E-state index is -0.0236. The van der Waals surface area contributed by atoms with Gasteiger partial charge in [0.05, 0.1) is 27.6 Å². The molecular weight excluding hydrogens is 461 g/mol. The Labute approximate surface area is 188 Å². The van der Waals surface area contributed by atoms with Crippen LogP contribution in [-0.2, 0) is 11.2 Å². The number of anilines is 1. The Hall–Kier alpha value is -1.09. The van der Waals surface area contributed by atoms with Gasteiger partial charge in [-0.05, 0) is 38.4 Å². The predicted octanol–water partition coefficient (Wildman–Crippen LogP) is 5.23. The number of benzene rings is 1. The molecule has 0 bridgehead atoms. The van der Waals surface area contributed by atoms with Crippen molar-refractivity contribution in [1.29, 1.82) is 0 Å². The molecule has 0 atom stereocenters. The molecule has 0 radical (unpaired) electrons. The van der Waals surface area contributed by atoms with E-state index in [1.807, 2.05) is 25.1 Å². The second-order valence-corrected chi connectivity index (χ2v) is 9.34. The van der Waals surface area contributed by atoms with E-state index in [4.69, 9.17) is 27.9 Å². The van der Waals surface area contributed by atoms with Crippen LogP contribution in [0.25, 0.3) is 10.2 Å². The summed E-state index contributed by atoms with van der Waals surface area (Å²) in [6.45, 7) is 1.25. The highest BCUT2D eigenvalue weighted by Gasteiger charge is 2.22. The molecule has 2 aromatic heterocycles. The van der Waals surface area contributed by atoms with Crippen LogP contribution in [0.15, 0.2) is 24.3 Å². The number of rotatable bonds is 7. The monoisotopic (exact) mass is 479 g/mol. The summed E-state index contributed by atoms with van der Waals surface area (Å²) in [6.07, 6.45) is 0.283. The van der Waals surface area contributed by atoms with Gasteiger partial charge in [-0.1, -0.05) is 34.5 Å². The Morgan fingerprint density at radius 3 is 2.50 bits per heavy atom. The molecule has 0 spiro atoms. The van der Waals surface area contributed by atoms with E-state index in [-0.39, 0.29) is 24.7 Å². The highest BCUT2D eigenvalue weighted by molar-refractivity contribution is 7.23. The Balaban J connectivity index is 0.00000280. The first-order valence-corrected chi connectivity index (χ1v) is 10.6. The number of likely N-dealkylation sites (N-methyl/N-ethyl adjacent to an activating group) is 1. The molecule has 10 heteroatoms. The van der Waals surface area contributed by atoms with E-state index in [0.717, 1.165) is 16.1 Å². The smallest absolute Gasteiger partial charge is 0.234 e. The molecule has 0 fully saturated rings. The summed E-state index contributed by atoms with van der Waals surface area (Å²) in [6, 6.07) is 7.26. The fraction of sp³-hybridized carbons (Fsp3) is 0.333. The fourth-order valence-electron chi connectivity index (χ4n) is 2.54. The summed E-state index contributed by atoms with van der Waals surface area (Å²) in [5.41, 5.74) is 0.673. The number of ether oxygens (including phenoxy) is 1. The zero-order valence-corrected chi connectivity index (χ0v) is 19.5. The van der Waals surface area contributed by atoms with Crippen LogP contribution in [0.5, 0.6) is 5.75 Å². The van der Waals surface area contributed by atoms with Crippen molar-refractivity contribution in [2.75, 3.05) is 39.2 Å². The number of nitrogens with zero attached hydrogens (tertiary/aromatic N) is 3. The largest absolute Gasteiger partial charge is 0.494 e. The molecule has 152 valence electrons. The Morgan fingerprint density at radius 2 is 1.89 bits per heavy atom. The first-order chi connectivity index (χ1) is 12.9. The number of fused-ring (bicyclic) bond motifs is 1. The van der Waals surface area contributed by atoms with Crippen molar-refractivity contribution in [2.24, 2.45) is 0 Å². The number of amides is 1. The zero-order chi connectivity index (χ0) is 19.6. The van der Waals surface area contributed by atoms with E-state index in [9.17, 15) is 4.79 Å². The SMILES string of the molecule is COc1ccc(Cl)c2sc(N(CCN(C)C)C(=O)Cc3ccc(Cl)s3)nc12.Cl. The summed E-state index contributed by atoms with van der Waals surface area (Å²) in [5.74, 6) is 0.617. The lowest BCUT2D eigenvalue weighted by Gasteiger charge is -2.21. The molecule has 0 aliphatic rings. The molecule has 0 aliphatic heterocycles. The second-order valence-electron chi connectivity index (χ2n) is 6.16. The fourth-order valence-corrected chi connectivity index (χ4v) is 4.92. The van der Waals surface area contributed by atoms with Gasteiger partial charge in [-0.25, -0.2) is 4.98 Å². The van der Waals surface area contributed by atoms with Gasteiger partial charge in [0.15, 0.2) is 5.13 Å². The quantitative estimate of drug-likeness (QED) is 0.464. The van der Waals surface area contributed by atoms with Gasteiger partial charge >= 0.3 is 0 Å². The average Bonchev–Trinajstić information content (AvgIpc) is 3.22. The lowest BCUT2D eigenvalue weighted by molar-refractivity contribution is -0.118. The molecular formula is C18H20Cl3N3O2S2. The van der Waals surface area contributed by atoms with Gasteiger partial charge in [-0.15, -0.1) is 23.7 Å². The maximum atomic E-state index is 13.0. The molecule has 0 N–H and O–H groups in total. The van der Waals surface area contributed by atoms with Crippen LogP contribution < -0.4 is 9.64 Å². The number of hydrogen-bond donors (Lipinski definition) is 0. The number of hydrogen-bond acceptors (Lipinski definition) is 6. The van der Waals surface area contributed by atoms with E-state index in [0.29, 0.717) is 32.3 Å². The lowest BCUT2D eigenvalue weighted by Crippen LogP contribution is -2.37.